The quantitative estimate of drug-likeness (QED) is 0.550. The molecule has 0 spiro atoms. The molecule has 1 aromatic carbocycles. The number of aryl methyl sites for hydroxylation is 1. The lowest BCUT2D eigenvalue weighted by Gasteiger charge is -2.23. The van der Waals surface area contributed by atoms with Crippen LogP contribution in [0.4, 0.5) is 5.82 Å². The monoisotopic (exact) mass is 403 g/mol. The van der Waals surface area contributed by atoms with Gasteiger partial charge < -0.3 is 10.1 Å². The third-order valence-electron chi connectivity index (χ3n) is 5.20. The Morgan fingerprint density at radius 1 is 1.17 bits per heavy atom. The summed E-state index contributed by atoms with van der Waals surface area (Å²) < 4.78 is 8.97. The number of carbonyl (C=O) groups excluding carboxylic acids is 1. The van der Waals surface area contributed by atoms with Gasteiger partial charge in [0, 0.05) is 17.9 Å². The Labute approximate surface area is 172 Å². The maximum atomic E-state index is 12.5. The molecule has 1 aliphatic heterocycles. The smallest absolute Gasteiger partial charge is 0.226 e. The molecule has 4 aromatic rings. The molecule has 3 aromatic heterocycles. The summed E-state index contributed by atoms with van der Waals surface area (Å²) in [6.45, 7) is 4.60. The first-order chi connectivity index (χ1) is 14.6. The first kappa shape index (κ1) is 18.3. The van der Waals surface area contributed by atoms with Crippen molar-refractivity contribution in [2.75, 3.05) is 11.9 Å². The van der Waals surface area contributed by atoms with E-state index in [-0.39, 0.29) is 11.8 Å². The number of benzene rings is 1. The van der Waals surface area contributed by atoms with Crippen LogP contribution in [0.25, 0.3) is 11.5 Å². The van der Waals surface area contributed by atoms with Gasteiger partial charge in [0.2, 0.25) is 5.91 Å². The molecule has 9 nitrogen and oxygen atoms in total. The number of fused-ring (bicyclic) bond motifs is 2. The van der Waals surface area contributed by atoms with Crippen molar-refractivity contribution in [1.82, 2.24) is 29.6 Å². The second-order valence-corrected chi connectivity index (χ2v) is 7.29. The Hall–Kier alpha value is -3.75. The van der Waals surface area contributed by atoms with Crippen LogP contribution in [0.2, 0.25) is 0 Å². The van der Waals surface area contributed by atoms with E-state index in [1.54, 1.807) is 15.4 Å². The molecule has 4 heterocycles. The standard InChI is InChI=1S/C21H21N7O2/c1-3-10-30-15-6-4-14(5-7-15)16-11-20(29)23-21-17(16)12-22-28(21)19-9-8-18-25-24-13(2)27(18)26-19/h4-9,12,16H,3,10-11H2,1-2H3,(H,23,29)/t16-/m0/s1. The maximum Gasteiger partial charge on any atom is 0.226 e. The Morgan fingerprint density at radius 2 is 2.00 bits per heavy atom. The van der Waals surface area contributed by atoms with Gasteiger partial charge >= 0.3 is 0 Å². The van der Waals surface area contributed by atoms with E-state index in [1.165, 1.54) is 0 Å². The van der Waals surface area contributed by atoms with Crippen molar-refractivity contribution in [3.05, 3.63) is 59.5 Å². The molecule has 9 heteroatoms. The largest absolute Gasteiger partial charge is 0.494 e. The fourth-order valence-corrected chi connectivity index (χ4v) is 3.71. The van der Waals surface area contributed by atoms with Gasteiger partial charge in [-0.15, -0.1) is 15.3 Å². The number of ether oxygens (including phenoxy) is 1. The van der Waals surface area contributed by atoms with Gasteiger partial charge in [-0.2, -0.15) is 14.3 Å². The van der Waals surface area contributed by atoms with Crippen LogP contribution in [0, 0.1) is 6.92 Å². The molecule has 152 valence electrons. The molecule has 0 unspecified atom stereocenters. The van der Waals surface area contributed by atoms with E-state index >= 15 is 0 Å². The van der Waals surface area contributed by atoms with Gasteiger partial charge in [-0.1, -0.05) is 19.1 Å². The zero-order chi connectivity index (χ0) is 20.7. The first-order valence-electron chi connectivity index (χ1n) is 9.94. The minimum Gasteiger partial charge on any atom is -0.494 e. The molecule has 30 heavy (non-hydrogen) atoms. The summed E-state index contributed by atoms with van der Waals surface area (Å²) in [7, 11) is 0. The van der Waals surface area contributed by atoms with E-state index in [0.29, 0.717) is 36.1 Å². The van der Waals surface area contributed by atoms with Gasteiger partial charge in [0.1, 0.15) is 11.6 Å². The molecule has 5 rings (SSSR count). The van der Waals surface area contributed by atoms with Crippen LogP contribution in [-0.4, -0.2) is 42.1 Å². The van der Waals surface area contributed by atoms with Gasteiger partial charge in [0.15, 0.2) is 17.3 Å². The molecule has 0 aliphatic carbocycles. The van der Waals surface area contributed by atoms with Crippen LogP contribution < -0.4 is 10.1 Å². The van der Waals surface area contributed by atoms with Crippen LogP contribution in [0.15, 0.2) is 42.6 Å². The molecule has 0 fully saturated rings. The number of hydrogen-bond donors (Lipinski definition) is 1. The van der Waals surface area contributed by atoms with Crippen molar-refractivity contribution in [3.8, 4) is 11.6 Å². The van der Waals surface area contributed by atoms with Gasteiger partial charge in [-0.25, -0.2) is 0 Å². The molecular formula is C21H21N7O2. The number of hydrogen-bond acceptors (Lipinski definition) is 6. The van der Waals surface area contributed by atoms with Crippen molar-refractivity contribution in [1.29, 1.82) is 0 Å². The fraction of sp³-hybridized carbons (Fsp3) is 0.286. The van der Waals surface area contributed by atoms with E-state index in [4.69, 9.17) is 4.74 Å². The summed E-state index contributed by atoms with van der Waals surface area (Å²) in [4.78, 5) is 12.5. The Bertz CT molecular complexity index is 1230. The molecular weight excluding hydrogens is 382 g/mol. The van der Waals surface area contributed by atoms with Gasteiger partial charge in [-0.3, -0.25) is 4.79 Å². The summed E-state index contributed by atoms with van der Waals surface area (Å²) in [5.41, 5.74) is 2.66. The molecule has 0 saturated carbocycles. The predicted octanol–water partition coefficient (Wildman–Crippen LogP) is 2.88. The van der Waals surface area contributed by atoms with Crippen LogP contribution in [-0.2, 0) is 4.79 Å². The molecule has 0 bridgehead atoms. The van der Waals surface area contributed by atoms with E-state index in [0.717, 1.165) is 23.3 Å². The zero-order valence-corrected chi connectivity index (χ0v) is 16.7. The molecule has 1 aliphatic rings. The molecule has 1 amide bonds. The number of nitrogens with zero attached hydrogens (tertiary/aromatic N) is 6. The van der Waals surface area contributed by atoms with Gasteiger partial charge in [0.05, 0.1) is 12.8 Å². The van der Waals surface area contributed by atoms with E-state index < -0.39 is 0 Å². The summed E-state index contributed by atoms with van der Waals surface area (Å²) in [6, 6.07) is 11.6. The zero-order valence-electron chi connectivity index (χ0n) is 16.7. The summed E-state index contributed by atoms with van der Waals surface area (Å²) >= 11 is 0. The molecule has 1 atom stereocenters. The number of nitrogens with one attached hydrogen (secondary N) is 1. The van der Waals surface area contributed by atoms with Crippen LogP contribution in [0.3, 0.4) is 0 Å². The summed E-state index contributed by atoms with van der Waals surface area (Å²) in [5, 5.41) is 20.1. The average Bonchev–Trinajstić information content (AvgIpc) is 3.35. The van der Waals surface area contributed by atoms with Gasteiger partial charge in [-0.05, 0) is 43.2 Å². The third kappa shape index (κ3) is 3.08. The SMILES string of the molecule is CCCOc1ccc([C@@H]2CC(=O)Nc3c2cnn3-c2ccc3nnc(C)n3n2)cc1. The highest BCUT2D eigenvalue weighted by Gasteiger charge is 2.30. The van der Waals surface area contributed by atoms with Crippen LogP contribution in [0.1, 0.15) is 42.6 Å². The Morgan fingerprint density at radius 3 is 2.80 bits per heavy atom. The minimum absolute atomic E-state index is 0.0536. The maximum absolute atomic E-state index is 12.5. The van der Waals surface area contributed by atoms with Crippen LogP contribution >= 0.6 is 0 Å². The Kier molecular flexibility index (Phi) is 4.42. The molecule has 1 N–H and O–H groups in total. The summed E-state index contributed by atoms with van der Waals surface area (Å²) in [6.07, 6.45) is 3.12. The van der Waals surface area contributed by atoms with Crippen molar-refractivity contribution in [2.45, 2.75) is 32.6 Å². The van der Waals surface area contributed by atoms with E-state index in [1.807, 2.05) is 43.3 Å². The number of aromatic nitrogens is 6. The topological polar surface area (TPSA) is 99.2 Å². The van der Waals surface area contributed by atoms with Crippen LogP contribution in [0.5, 0.6) is 5.75 Å². The minimum atomic E-state index is -0.0805. The molecule has 0 saturated heterocycles. The second kappa shape index (κ2) is 7.25. The predicted molar refractivity (Wildman–Crippen MR) is 110 cm³/mol. The van der Waals surface area contributed by atoms with Gasteiger partial charge in [0.25, 0.3) is 0 Å². The summed E-state index contributed by atoms with van der Waals surface area (Å²) in [5.74, 6) is 2.60. The van der Waals surface area contributed by atoms with E-state index in [9.17, 15) is 4.79 Å². The van der Waals surface area contributed by atoms with Crippen molar-refractivity contribution >= 4 is 17.4 Å². The highest BCUT2D eigenvalue weighted by molar-refractivity contribution is 5.94. The fourth-order valence-electron chi connectivity index (χ4n) is 3.71. The highest BCUT2D eigenvalue weighted by atomic mass is 16.5. The lowest BCUT2D eigenvalue weighted by molar-refractivity contribution is -0.116. The van der Waals surface area contributed by atoms with Crippen molar-refractivity contribution in [3.63, 3.8) is 0 Å². The van der Waals surface area contributed by atoms with Crippen molar-refractivity contribution < 1.29 is 9.53 Å². The number of rotatable bonds is 5. The lowest BCUT2D eigenvalue weighted by atomic mass is 9.87. The third-order valence-corrected chi connectivity index (χ3v) is 5.20. The second-order valence-electron chi connectivity index (χ2n) is 7.29. The lowest BCUT2D eigenvalue weighted by Crippen LogP contribution is -2.24. The first-order valence-corrected chi connectivity index (χ1v) is 9.94. The highest BCUT2D eigenvalue weighted by Crippen LogP contribution is 2.38. The van der Waals surface area contributed by atoms with E-state index in [2.05, 4.69) is 32.6 Å². The normalized spacial score (nSPS) is 15.8. The Balaban J connectivity index is 1.52. The number of carbonyl (C=O) groups is 1. The number of anilines is 1. The van der Waals surface area contributed by atoms with Crippen molar-refractivity contribution in [2.24, 2.45) is 0 Å². The average molecular weight is 403 g/mol. The molecule has 0 radical (unpaired) electrons. The number of amides is 1.